The lowest BCUT2D eigenvalue weighted by Gasteiger charge is -2.26. The van der Waals surface area contributed by atoms with Crippen LogP contribution in [0.15, 0.2) is 40.7 Å². The third-order valence-corrected chi connectivity index (χ3v) is 5.58. The minimum atomic E-state index is 0.0654. The molecule has 0 saturated heterocycles. The van der Waals surface area contributed by atoms with Crippen molar-refractivity contribution in [3.8, 4) is 11.5 Å². The van der Waals surface area contributed by atoms with Gasteiger partial charge in [-0.25, -0.2) is 0 Å². The molecule has 0 aliphatic rings. The smallest absolute Gasteiger partial charge is 0.191 e. The number of nitrogens with one attached hydrogen (secondary N) is 2. The Bertz CT molecular complexity index is 762. The Morgan fingerprint density at radius 2 is 1.86 bits per heavy atom. The molecule has 2 N–H and O–H groups in total. The van der Waals surface area contributed by atoms with Crippen LogP contribution in [0.25, 0.3) is 0 Å². The molecule has 2 unspecified atom stereocenters. The second-order valence-corrected chi connectivity index (χ2v) is 7.87. The molecule has 1 heterocycles. The van der Waals surface area contributed by atoms with Gasteiger partial charge in [-0.15, -0.1) is 11.3 Å². The van der Waals surface area contributed by atoms with Gasteiger partial charge >= 0.3 is 0 Å². The highest BCUT2D eigenvalue weighted by atomic mass is 32.1. The first kappa shape index (κ1) is 23.0. The molecule has 0 radical (unpaired) electrons. The van der Waals surface area contributed by atoms with Gasteiger partial charge in [-0.3, -0.25) is 4.99 Å². The van der Waals surface area contributed by atoms with Crippen molar-refractivity contribution in [3.63, 3.8) is 0 Å². The molecule has 6 nitrogen and oxygen atoms in total. The van der Waals surface area contributed by atoms with E-state index in [9.17, 15) is 0 Å². The van der Waals surface area contributed by atoms with Crippen molar-refractivity contribution in [3.05, 3.63) is 46.2 Å². The predicted molar refractivity (Wildman–Crippen MR) is 122 cm³/mol. The number of nitrogens with zero attached hydrogens (tertiary/aromatic N) is 2. The van der Waals surface area contributed by atoms with Crippen LogP contribution in [0.4, 0.5) is 0 Å². The van der Waals surface area contributed by atoms with E-state index in [2.05, 4.69) is 65.1 Å². The number of likely N-dealkylation sites (N-methyl/N-ethyl adjacent to an activating group) is 1. The molecule has 0 spiro atoms. The number of ether oxygens (including phenoxy) is 2. The summed E-state index contributed by atoms with van der Waals surface area (Å²) in [6.07, 6.45) is 0. The Morgan fingerprint density at radius 1 is 1.14 bits per heavy atom. The first-order chi connectivity index (χ1) is 14.0. The van der Waals surface area contributed by atoms with Crippen molar-refractivity contribution < 1.29 is 9.47 Å². The fourth-order valence-electron chi connectivity index (χ4n) is 3.03. The summed E-state index contributed by atoms with van der Waals surface area (Å²) in [4.78, 5) is 7.95. The van der Waals surface area contributed by atoms with Crippen LogP contribution in [0.2, 0.25) is 0 Å². The maximum absolute atomic E-state index is 5.76. The van der Waals surface area contributed by atoms with Crippen LogP contribution in [-0.4, -0.2) is 51.8 Å². The van der Waals surface area contributed by atoms with Gasteiger partial charge in [0.2, 0.25) is 0 Å². The minimum absolute atomic E-state index is 0.0654. The average Bonchev–Trinajstić information content (AvgIpc) is 3.23. The Kier molecular flexibility index (Phi) is 9.28. The zero-order valence-corrected chi connectivity index (χ0v) is 19.2. The van der Waals surface area contributed by atoms with Gasteiger partial charge in [-0.2, -0.15) is 0 Å². The third kappa shape index (κ3) is 6.65. The van der Waals surface area contributed by atoms with E-state index in [4.69, 9.17) is 9.47 Å². The van der Waals surface area contributed by atoms with Crippen LogP contribution in [0.1, 0.15) is 43.3 Å². The molecule has 2 atom stereocenters. The fourth-order valence-corrected chi connectivity index (χ4v) is 3.95. The Labute approximate surface area is 178 Å². The number of hydrogen-bond acceptors (Lipinski definition) is 5. The highest BCUT2D eigenvalue weighted by Crippen LogP contribution is 2.30. The number of benzene rings is 1. The molecule has 160 valence electrons. The largest absolute Gasteiger partial charge is 0.490 e. The SMILES string of the molecule is CCOc1ccc(C(C)NC(=NC)NCC(c2cccs2)N(C)C)cc1OCC. The quantitative estimate of drug-likeness (QED) is 0.450. The number of aliphatic imine (C=N–C) groups is 1. The van der Waals surface area contributed by atoms with E-state index in [0.717, 1.165) is 29.6 Å². The second-order valence-electron chi connectivity index (χ2n) is 6.89. The molecule has 7 heteroatoms. The van der Waals surface area contributed by atoms with Crippen LogP contribution >= 0.6 is 11.3 Å². The van der Waals surface area contributed by atoms with E-state index in [0.29, 0.717) is 19.3 Å². The maximum Gasteiger partial charge on any atom is 0.191 e. The molecule has 1 aromatic heterocycles. The summed E-state index contributed by atoms with van der Waals surface area (Å²) in [7, 11) is 5.99. The van der Waals surface area contributed by atoms with Crippen LogP contribution in [0, 0.1) is 0 Å². The monoisotopic (exact) mass is 418 g/mol. The Hall–Kier alpha value is -2.25. The summed E-state index contributed by atoms with van der Waals surface area (Å²) in [5.41, 5.74) is 1.11. The molecule has 0 bridgehead atoms. The Morgan fingerprint density at radius 3 is 2.45 bits per heavy atom. The van der Waals surface area contributed by atoms with E-state index in [1.807, 2.05) is 26.0 Å². The zero-order chi connectivity index (χ0) is 21.2. The molecular weight excluding hydrogens is 384 g/mol. The van der Waals surface area contributed by atoms with Crippen LogP contribution in [0.3, 0.4) is 0 Å². The van der Waals surface area contributed by atoms with Gasteiger partial charge in [0.25, 0.3) is 0 Å². The van der Waals surface area contributed by atoms with Crippen molar-refractivity contribution in [2.75, 3.05) is 40.9 Å². The van der Waals surface area contributed by atoms with E-state index in [1.54, 1.807) is 18.4 Å². The fraction of sp³-hybridized carbons (Fsp3) is 0.500. The predicted octanol–water partition coefficient (Wildman–Crippen LogP) is 4.07. The third-order valence-electron chi connectivity index (χ3n) is 4.60. The molecule has 1 aromatic carbocycles. The van der Waals surface area contributed by atoms with E-state index in [-0.39, 0.29) is 6.04 Å². The van der Waals surface area contributed by atoms with E-state index < -0.39 is 0 Å². The summed E-state index contributed by atoms with van der Waals surface area (Å²) in [6.45, 7) is 8.05. The Balaban J connectivity index is 2.04. The summed E-state index contributed by atoms with van der Waals surface area (Å²) in [5, 5.41) is 9.04. The lowest BCUT2D eigenvalue weighted by molar-refractivity contribution is 0.287. The zero-order valence-electron chi connectivity index (χ0n) is 18.4. The topological polar surface area (TPSA) is 58.1 Å². The molecule has 2 rings (SSSR count). The molecule has 29 heavy (non-hydrogen) atoms. The number of thiophene rings is 1. The van der Waals surface area contributed by atoms with Gasteiger partial charge in [-0.1, -0.05) is 12.1 Å². The highest BCUT2D eigenvalue weighted by molar-refractivity contribution is 7.10. The first-order valence-electron chi connectivity index (χ1n) is 10.1. The molecule has 0 fully saturated rings. The summed E-state index contributed by atoms with van der Waals surface area (Å²) < 4.78 is 11.4. The first-order valence-corrected chi connectivity index (χ1v) is 10.9. The van der Waals surface area contributed by atoms with Crippen molar-refractivity contribution in [1.29, 1.82) is 0 Å². The van der Waals surface area contributed by atoms with Crippen molar-refractivity contribution in [2.24, 2.45) is 4.99 Å². The summed E-state index contributed by atoms with van der Waals surface area (Å²) in [6, 6.07) is 10.7. The van der Waals surface area contributed by atoms with Gasteiger partial charge in [0.15, 0.2) is 17.5 Å². The lowest BCUT2D eigenvalue weighted by atomic mass is 10.1. The lowest BCUT2D eigenvalue weighted by Crippen LogP contribution is -2.42. The van der Waals surface area contributed by atoms with Gasteiger partial charge in [0, 0.05) is 18.5 Å². The van der Waals surface area contributed by atoms with Gasteiger partial charge in [0.05, 0.1) is 25.3 Å². The minimum Gasteiger partial charge on any atom is -0.490 e. The highest BCUT2D eigenvalue weighted by Gasteiger charge is 2.17. The van der Waals surface area contributed by atoms with Crippen molar-refractivity contribution >= 4 is 17.3 Å². The molecule has 0 saturated carbocycles. The van der Waals surface area contributed by atoms with Crippen molar-refractivity contribution in [2.45, 2.75) is 32.9 Å². The molecule has 0 aliphatic carbocycles. The normalized spacial score (nSPS) is 13.8. The van der Waals surface area contributed by atoms with Crippen LogP contribution in [-0.2, 0) is 0 Å². The van der Waals surface area contributed by atoms with Crippen molar-refractivity contribution in [1.82, 2.24) is 15.5 Å². The van der Waals surface area contributed by atoms with Gasteiger partial charge in [-0.05, 0) is 64.0 Å². The number of guanidine groups is 1. The molecule has 0 amide bonds. The van der Waals surface area contributed by atoms with E-state index in [1.165, 1.54) is 4.88 Å². The van der Waals surface area contributed by atoms with Gasteiger partial charge in [0.1, 0.15) is 0 Å². The molecular formula is C22H34N4O2S. The summed E-state index contributed by atoms with van der Waals surface area (Å²) in [5.74, 6) is 2.32. The molecule has 2 aromatic rings. The number of hydrogen-bond donors (Lipinski definition) is 2. The van der Waals surface area contributed by atoms with Crippen LogP contribution in [0.5, 0.6) is 11.5 Å². The maximum atomic E-state index is 5.76. The average molecular weight is 419 g/mol. The molecule has 0 aliphatic heterocycles. The van der Waals surface area contributed by atoms with E-state index >= 15 is 0 Å². The van der Waals surface area contributed by atoms with Crippen LogP contribution < -0.4 is 20.1 Å². The van der Waals surface area contributed by atoms with Gasteiger partial charge < -0.3 is 25.0 Å². The number of rotatable bonds is 10. The second kappa shape index (κ2) is 11.7. The summed E-state index contributed by atoms with van der Waals surface area (Å²) >= 11 is 1.77. The standard InChI is InChI=1S/C22H34N4O2S/c1-7-27-19-12-11-17(14-20(19)28-8-2)16(3)25-22(23-4)24-15-18(26(5)6)21-10-9-13-29-21/h9-14,16,18H,7-8,15H2,1-6H3,(H2,23,24,25).